The molecule has 0 radical (unpaired) electrons. The molecule has 3 heteroatoms. The summed E-state index contributed by atoms with van der Waals surface area (Å²) in [6, 6.07) is 4.09. The van der Waals surface area contributed by atoms with Crippen molar-refractivity contribution in [2.45, 2.75) is 44.7 Å². The Morgan fingerprint density at radius 3 is 2.44 bits per heavy atom. The van der Waals surface area contributed by atoms with E-state index in [4.69, 9.17) is 5.73 Å². The van der Waals surface area contributed by atoms with Gasteiger partial charge in [-0.05, 0) is 39.4 Å². The number of nitrogens with two attached hydrogens (primary N) is 1. The third-order valence-corrected chi connectivity index (χ3v) is 4.02. The van der Waals surface area contributed by atoms with Crippen LogP contribution in [0.4, 0.5) is 0 Å². The summed E-state index contributed by atoms with van der Waals surface area (Å²) in [5.41, 5.74) is 9.21. The smallest absolute Gasteiger partial charge is 0.125 e. The van der Waals surface area contributed by atoms with E-state index in [1.807, 2.05) is 27.1 Å². The molecule has 0 heterocycles. The number of nitrogens with zero attached hydrogens (tertiary/aromatic N) is 1. The Labute approximate surface area is 110 Å². The van der Waals surface area contributed by atoms with Crippen LogP contribution < -0.4 is 5.73 Å². The van der Waals surface area contributed by atoms with Gasteiger partial charge in [-0.3, -0.25) is 0 Å². The van der Waals surface area contributed by atoms with Crippen LogP contribution in [0.15, 0.2) is 12.1 Å². The van der Waals surface area contributed by atoms with Gasteiger partial charge in [0.25, 0.3) is 0 Å². The van der Waals surface area contributed by atoms with Gasteiger partial charge in [-0.15, -0.1) is 0 Å². The lowest BCUT2D eigenvalue weighted by Gasteiger charge is -2.27. The minimum absolute atomic E-state index is 0.321. The molecule has 1 fully saturated rings. The lowest BCUT2D eigenvalue weighted by molar-refractivity contribution is 0.371. The van der Waals surface area contributed by atoms with E-state index >= 15 is 0 Å². The summed E-state index contributed by atoms with van der Waals surface area (Å²) >= 11 is 0. The van der Waals surface area contributed by atoms with Crippen LogP contribution in [0.2, 0.25) is 0 Å². The van der Waals surface area contributed by atoms with E-state index in [2.05, 4.69) is 11.0 Å². The van der Waals surface area contributed by atoms with Gasteiger partial charge < -0.3 is 15.7 Å². The van der Waals surface area contributed by atoms with E-state index in [0.717, 1.165) is 48.9 Å². The molecule has 1 aromatic carbocycles. The first-order valence-corrected chi connectivity index (χ1v) is 6.69. The highest BCUT2D eigenvalue weighted by Crippen LogP contribution is 2.42. The summed E-state index contributed by atoms with van der Waals surface area (Å²) < 4.78 is 0. The number of phenols is 1. The van der Waals surface area contributed by atoms with Crippen molar-refractivity contribution < 1.29 is 5.11 Å². The average Bonchev–Trinajstić information content (AvgIpc) is 2.71. The standard InChI is InChI=1S/C15H24N2O/c1-11-6-7-13(15(16)8-4-5-9-15)14(18)12(11)10-17(2)3/h6-7,18H,4-5,8-10,16H2,1-3H3. The van der Waals surface area contributed by atoms with Gasteiger partial charge in [0.15, 0.2) is 0 Å². The van der Waals surface area contributed by atoms with E-state index in [0.29, 0.717) is 5.75 Å². The monoisotopic (exact) mass is 248 g/mol. The number of hydrogen-bond acceptors (Lipinski definition) is 3. The second kappa shape index (κ2) is 4.90. The third kappa shape index (κ3) is 2.38. The SMILES string of the molecule is Cc1ccc(C2(N)CCCC2)c(O)c1CN(C)C. The molecular formula is C15H24N2O. The topological polar surface area (TPSA) is 49.5 Å². The molecule has 1 aliphatic carbocycles. The van der Waals surface area contributed by atoms with Crippen molar-refractivity contribution in [2.75, 3.05) is 14.1 Å². The average molecular weight is 248 g/mol. The molecule has 0 amide bonds. The summed E-state index contributed by atoms with van der Waals surface area (Å²) in [4.78, 5) is 2.07. The van der Waals surface area contributed by atoms with Crippen molar-refractivity contribution in [1.29, 1.82) is 0 Å². The molecular weight excluding hydrogens is 224 g/mol. The molecule has 1 saturated carbocycles. The lowest BCUT2D eigenvalue weighted by atomic mass is 9.86. The van der Waals surface area contributed by atoms with Gasteiger partial charge in [-0.2, -0.15) is 0 Å². The molecule has 18 heavy (non-hydrogen) atoms. The minimum Gasteiger partial charge on any atom is -0.507 e. The highest BCUT2D eigenvalue weighted by molar-refractivity contribution is 5.48. The van der Waals surface area contributed by atoms with E-state index in [9.17, 15) is 5.11 Å². The van der Waals surface area contributed by atoms with Crippen LogP contribution in [0.5, 0.6) is 5.75 Å². The van der Waals surface area contributed by atoms with Crippen LogP contribution in [-0.2, 0) is 12.1 Å². The van der Waals surface area contributed by atoms with Gasteiger partial charge in [-0.1, -0.05) is 25.0 Å². The molecule has 0 saturated heterocycles. The van der Waals surface area contributed by atoms with Gasteiger partial charge in [-0.25, -0.2) is 0 Å². The number of rotatable bonds is 3. The molecule has 0 atom stereocenters. The fourth-order valence-corrected chi connectivity index (χ4v) is 2.93. The van der Waals surface area contributed by atoms with Crippen molar-refractivity contribution in [3.05, 3.63) is 28.8 Å². The highest BCUT2D eigenvalue weighted by Gasteiger charge is 2.34. The van der Waals surface area contributed by atoms with Crippen molar-refractivity contribution in [3.63, 3.8) is 0 Å². The minimum atomic E-state index is -0.321. The van der Waals surface area contributed by atoms with Crippen molar-refractivity contribution >= 4 is 0 Å². The summed E-state index contributed by atoms with van der Waals surface area (Å²) in [6.07, 6.45) is 4.27. The number of benzene rings is 1. The Bertz CT molecular complexity index is 434. The number of hydrogen-bond donors (Lipinski definition) is 2. The van der Waals surface area contributed by atoms with Crippen LogP contribution in [0, 0.1) is 6.92 Å². The zero-order valence-corrected chi connectivity index (χ0v) is 11.7. The van der Waals surface area contributed by atoms with Crippen LogP contribution in [0.1, 0.15) is 42.4 Å². The molecule has 1 aromatic rings. The van der Waals surface area contributed by atoms with Crippen molar-refractivity contribution in [2.24, 2.45) is 5.73 Å². The Kier molecular flexibility index (Phi) is 3.64. The molecule has 0 aliphatic heterocycles. The zero-order valence-electron chi connectivity index (χ0n) is 11.7. The first-order valence-electron chi connectivity index (χ1n) is 6.69. The van der Waals surface area contributed by atoms with Crippen LogP contribution in [0.3, 0.4) is 0 Å². The maximum absolute atomic E-state index is 10.5. The van der Waals surface area contributed by atoms with E-state index in [-0.39, 0.29) is 5.54 Å². The largest absolute Gasteiger partial charge is 0.507 e. The maximum atomic E-state index is 10.5. The molecule has 0 unspecified atom stereocenters. The van der Waals surface area contributed by atoms with Gasteiger partial charge in [0, 0.05) is 23.2 Å². The van der Waals surface area contributed by atoms with E-state index < -0.39 is 0 Å². The molecule has 0 spiro atoms. The molecule has 0 bridgehead atoms. The normalized spacial score (nSPS) is 18.5. The van der Waals surface area contributed by atoms with Crippen LogP contribution in [0.25, 0.3) is 0 Å². The quantitative estimate of drug-likeness (QED) is 0.864. The zero-order chi connectivity index (χ0) is 13.3. The third-order valence-electron chi connectivity index (χ3n) is 4.02. The fraction of sp³-hybridized carbons (Fsp3) is 0.600. The lowest BCUT2D eigenvalue weighted by Crippen LogP contribution is -2.33. The summed E-state index contributed by atoms with van der Waals surface area (Å²) in [5, 5.41) is 10.5. The Hall–Kier alpha value is -1.06. The predicted octanol–water partition coefficient (Wildman–Crippen LogP) is 2.49. The molecule has 2 rings (SSSR count). The first kappa shape index (κ1) is 13.4. The van der Waals surface area contributed by atoms with E-state index in [1.165, 1.54) is 0 Å². The molecule has 3 N–H and O–H groups in total. The van der Waals surface area contributed by atoms with Crippen LogP contribution in [-0.4, -0.2) is 24.1 Å². The Morgan fingerprint density at radius 1 is 1.28 bits per heavy atom. The molecule has 100 valence electrons. The van der Waals surface area contributed by atoms with Crippen molar-refractivity contribution in [3.8, 4) is 5.75 Å². The Morgan fingerprint density at radius 2 is 1.89 bits per heavy atom. The van der Waals surface area contributed by atoms with Gasteiger partial charge in [0.2, 0.25) is 0 Å². The summed E-state index contributed by atoms with van der Waals surface area (Å²) in [5.74, 6) is 0.410. The van der Waals surface area contributed by atoms with E-state index in [1.54, 1.807) is 0 Å². The number of phenolic OH excluding ortho intramolecular Hbond substituents is 1. The van der Waals surface area contributed by atoms with Crippen molar-refractivity contribution in [1.82, 2.24) is 4.90 Å². The van der Waals surface area contributed by atoms with Crippen LogP contribution >= 0.6 is 0 Å². The second-order valence-electron chi connectivity index (χ2n) is 5.86. The summed E-state index contributed by atoms with van der Waals surface area (Å²) in [7, 11) is 4.03. The second-order valence-corrected chi connectivity index (χ2v) is 5.86. The van der Waals surface area contributed by atoms with Gasteiger partial charge in [0.05, 0.1) is 0 Å². The number of aryl methyl sites for hydroxylation is 1. The Balaban J connectivity index is 2.43. The fourth-order valence-electron chi connectivity index (χ4n) is 2.93. The van der Waals surface area contributed by atoms with Gasteiger partial charge in [0.1, 0.15) is 5.75 Å². The summed E-state index contributed by atoms with van der Waals surface area (Å²) in [6.45, 7) is 2.79. The molecule has 0 aromatic heterocycles. The maximum Gasteiger partial charge on any atom is 0.125 e. The molecule has 1 aliphatic rings. The predicted molar refractivity (Wildman–Crippen MR) is 74.6 cm³/mol. The van der Waals surface area contributed by atoms with Gasteiger partial charge >= 0.3 is 0 Å². The highest BCUT2D eigenvalue weighted by atomic mass is 16.3. The molecule has 3 nitrogen and oxygen atoms in total. The number of aromatic hydroxyl groups is 1. The first-order chi connectivity index (χ1) is 8.44.